The molecule has 1 aliphatic rings. The summed E-state index contributed by atoms with van der Waals surface area (Å²) < 4.78 is 0. The number of rotatable bonds is 1. The lowest BCUT2D eigenvalue weighted by molar-refractivity contribution is 0.792. The minimum atomic E-state index is 0.0485. The first-order chi connectivity index (χ1) is 5.88. The molecule has 62 valence electrons. The SMILES string of the molecule is NC1C=CCN1c1ccccc1. The van der Waals surface area contributed by atoms with Crippen LogP contribution >= 0.6 is 0 Å². The number of benzene rings is 1. The average molecular weight is 160 g/mol. The van der Waals surface area contributed by atoms with Gasteiger partial charge in [0.15, 0.2) is 0 Å². The molecule has 2 nitrogen and oxygen atoms in total. The van der Waals surface area contributed by atoms with Crippen LogP contribution in [0.1, 0.15) is 0 Å². The second-order valence-corrected chi connectivity index (χ2v) is 2.91. The zero-order valence-corrected chi connectivity index (χ0v) is 6.85. The number of para-hydroxylation sites is 1. The third kappa shape index (κ3) is 1.21. The van der Waals surface area contributed by atoms with Crippen molar-refractivity contribution in [3.63, 3.8) is 0 Å². The van der Waals surface area contributed by atoms with Gasteiger partial charge in [0.2, 0.25) is 0 Å². The van der Waals surface area contributed by atoms with E-state index in [4.69, 9.17) is 5.73 Å². The van der Waals surface area contributed by atoms with Gasteiger partial charge in [0.05, 0.1) is 6.17 Å². The number of hydrogen-bond donors (Lipinski definition) is 1. The molecule has 0 saturated heterocycles. The molecular weight excluding hydrogens is 148 g/mol. The van der Waals surface area contributed by atoms with Gasteiger partial charge < -0.3 is 10.6 Å². The Kier molecular flexibility index (Phi) is 1.84. The smallest absolute Gasteiger partial charge is 0.0965 e. The Morgan fingerprint density at radius 1 is 1.25 bits per heavy atom. The van der Waals surface area contributed by atoms with E-state index in [-0.39, 0.29) is 6.17 Å². The molecule has 0 aromatic heterocycles. The van der Waals surface area contributed by atoms with Crippen LogP contribution in [0.25, 0.3) is 0 Å². The summed E-state index contributed by atoms with van der Waals surface area (Å²) in [5.74, 6) is 0. The standard InChI is InChI=1S/C10H12N2/c11-10-7-4-8-12(10)9-5-2-1-3-6-9/h1-7,10H,8,11H2. The molecule has 0 bridgehead atoms. The monoisotopic (exact) mass is 160 g/mol. The fraction of sp³-hybridized carbons (Fsp3) is 0.200. The van der Waals surface area contributed by atoms with Crippen LogP contribution in [-0.4, -0.2) is 12.7 Å². The van der Waals surface area contributed by atoms with Crippen molar-refractivity contribution in [3.8, 4) is 0 Å². The van der Waals surface area contributed by atoms with Gasteiger partial charge in [-0.2, -0.15) is 0 Å². The molecule has 2 N–H and O–H groups in total. The van der Waals surface area contributed by atoms with Crippen molar-refractivity contribution in [3.05, 3.63) is 42.5 Å². The molecular formula is C10H12N2. The van der Waals surface area contributed by atoms with E-state index in [0.29, 0.717) is 0 Å². The quantitative estimate of drug-likeness (QED) is 0.628. The molecule has 1 aromatic rings. The highest BCUT2D eigenvalue weighted by molar-refractivity contribution is 5.50. The Balaban J connectivity index is 2.22. The Hall–Kier alpha value is -1.28. The predicted molar refractivity (Wildman–Crippen MR) is 50.9 cm³/mol. The topological polar surface area (TPSA) is 29.3 Å². The van der Waals surface area contributed by atoms with Crippen LogP contribution in [0.5, 0.6) is 0 Å². The van der Waals surface area contributed by atoms with Crippen LogP contribution in [0.3, 0.4) is 0 Å². The third-order valence-corrected chi connectivity index (χ3v) is 2.08. The summed E-state index contributed by atoms with van der Waals surface area (Å²) >= 11 is 0. The second kappa shape index (κ2) is 2.99. The van der Waals surface area contributed by atoms with E-state index < -0.39 is 0 Å². The zero-order valence-electron chi connectivity index (χ0n) is 6.85. The minimum Gasteiger partial charge on any atom is -0.349 e. The van der Waals surface area contributed by atoms with E-state index in [1.54, 1.807) is 0 Å². The molecule has 0 saturated carbocycles. The molecule has 0 aliphatic carbocycles. The number of hydrogen-bond acceptors (Lipinski definition) is 2. The van der Waals surface area contributed by atoms with Crippen molar-refractivity contribution in [1.82, 2.24) is 0 Å². The lowest BCUT2D eigenvalue weighted by Crippen LogP contribution is -2.36. The summed E-state index contributed by atoms with van der Waals surface area (Å²) in [7, 11) is 0. The Morgan fingerprint density at radius 2 is 2.00 bits per heavy atom. The van der Waals surface area contributed by atoms with Gasteiger partial charge in [-0.15, -0.1) is 0 Å². The maximum absolute atomic E-state index is 5.85. The molecule has 0 radical (unpaired) electrons. The molecule has 0 amide bonds. The number of anilines is 1. The number of nitrogens with zero attached hydrogens (tertiary/aromatic N) is 1. The maximum Gasteiger partial charge on any atom is 0.0965 e. The summed E-state index contributed by atoms with van der Waals surface area (Å²) in [5.41, 5.74) is 7.04. The summed E-state index contributed by atoms with van der Waals surface area (Å²) in [6.45, 7) is 0.922. The highest BCUT2D eigenvalue weighted by atomic mass is 15.2. The van der Waals surface area contributed by atoms with Crippen LogP contribution in [0.15, 0.2) is 42.5 Å². The largest absolute Gasteiger partial charge is 0.349 e. The first-order valence-electron chi connectivity index (χ1n) is 4.12. The molecule has 0 spiro atoms. The third-order valence-electron chi connectivity index (χ3n) is 2.08. The summed E-state index contributed by atoms with van der Waals surface area (Å²) in [4.78, 5) is 2.15. The summed E-state index contributed by atoms with van der Waals surface area (Å²) in [6.07, 6.45) is 4.16. The van der Waals surface area contributed by atoms with Gasteiger partial charge >= 0.3 is 0 Å². The zero-order chi connectivity index (χ0) is 8.39. The molecule has 2 heteroatoms. The molecule has 2 rings (SSSR count). The van der Waals surface area contributed by atoms with Crippen LogP contribution in [0, 0.1) is 0 Å². The summed E-state index contributed by atoms with van der Waals surface area (Å²) in [6, 6.07) is 10.2. The van der Waals surface area contributed by atoms with Gasteiger partial charge in [-0.25, -0.2) is 0 Å². The molecule has 0 fully saturated rings. The molecule has 1 aromatic carbocycles. The minimum absolute atomic E-state index is 0.0485. The van der Waals surface area contributed by atoms with Crippen molar-refractivity contribution < 1.29 is 0 Å². The number of nitrogens with two attached hydrogens (primary N) is 1. The normalized spacial score (nSPS) is 21.8. The molecule has 1 heterocycles. The van der Waals surface area contributed by atoms with Crippen molar-refractivity contribution >= 4 is 5.69 Å². The predicted octanol–water partition coefficient (Wildman–Crippen LogP) is 1.35. The Bertz CT molecular complexity index is 279. The van der Waals surface area contributed by atoms with Crippen LogP contribution < -0.4 is 10.6 Å². The van der Waals surface area contributed by atoms with Crippen molar-refractivity contribution in [1.29, 1.82) is 0 Å². The lowest BCUT2D eigenvalue weighted by Gasteiger charge is -2.23. The van der Waals surface area contributed by atoms with Gasteiger partial charge in [0.1, 0.15) is 0 Å². The summed E-state index contributed by atoms with van der Waals surface area (Å²) in [5, 5.41) is 0. The van der Waals surface area contributed by atoms with Gasteiger partial charge in [-0.1, -0.05) is 30.4 Å². The van der Waals surface area contributed by atoms with E-state index in [0.717, 1.165) is 6.54 Å². The van der Waals surface area contributed by atoms with E-state index in [2.05, 4.69) is 23.1 Å². The molecule has 1 atom stereocenters. The fourth-order valence-corrected chi connectivity index (χ4v) is 1.44. The molecule has 1 unspecified atom stereocenters. The van der Waals surface area contributed by atoms with Crippen molar-refractivity contribution in [2.45, 2.75) is 6.17 Å². The second-order valence-electron chi connectivity index (χ2n) is 2.91. The van der Waals surface area contributed by atoms with Crippen LogP contribution in [0.4, 0.5) is 5.69 Å². The van der Waals surface area contributed by atoms with Gasteiger partial charge in [0, 0.05) is 12.2 Å². The van der Waals surface area contributed by atoms with Gasteiger partial charge in [-0.05, 0) is 12.1 Å². The van der Waals surface area contributed by atoms with Gasteiger partial charge in [0.25, 0.3) is 0 Å². The average Bonchev–Trinajstić information content (AvgIpc) is 2.53. The van der Waals surface area contributed by atoms with E-state index >= 15 is 0 Å². The highest BCUT2D eigenvalue weighted by Crippen LogP contribution is 2.17. The van der Waals surface area contributed by atoms with E-state index in [9.17, 15) is 0 Å². The van der Waals surface area contributed by atoms with Crippen molar-refractivity contribution in [2.75, 3.05) is 11.4 Å². The Morgan fingerprint density at radius 3 is 2.58 bits per heavy atom. The molecule has 12 heavy (non-hydrogen) atoms. The first-order valence-corrected chi connectivity index (χ1v) is 4.12. The van der Waals surface area contributed by atoms with E-state index in [1.807, 2.05) is 24.3 Å². The Labute approximate surface area is 72.3 Å². The maximum atomic E-state index is 5.85. The van der Waals surface area contributed by atoms with Crippen LogP contribution in [-0.2, 0) is 0 Å². The fourth-order valence-electron chi connectivity index (χ4n) is 1.44. The molecule has 1 aliphatic heterocycles. The lowest BCUT2D eigenvalue weighted by atomic mass is 10.3. The highest BCUT2D eigenvalue weighted by Gasteiger charge is 2.14. The van der Waals surface area contributed by atoms with Crippen molar-refractivity contribution in [2.24, 2.45) is 5.73 Å². The first kappa shape index (κ1) is 7.37. The van der Waals surface area contributed by atoms with Crippen LogP contribution in [0.2, 0.25) is 0 Å². The van der Waals surface area contributed by atoms with E-state index in [1.165, 1.54) is 5.69 Å². The van der Waals surface area contributed by atoms with Gasteiger partial charge in [-0.3, -0.25) is 0 Å².